The van der Waals surface area contributed by atoms with Gasteiger partial charge in [0.2, 0.25) is 11.0 Å². The van der Waals surface area contributed by atoms with Gasteiger partial charge in [-0.05, 0) is 48.9 Å². The molecular formula is C19H17ClN4O2S2. The summed E-state index contributed by atoms with van der Waals surface area (Å²) in [6, 6.07) is 12.4. The molecule has 144 valence electrons. The van der Waals surface area contributed by atoms with Gasteiger partial charge in [0.1, 0.15) is 0 Å². The highest BCUT2D eigenvalue weighted by Crippen LogP contribution is 2.31. The predicted molar refractivity (Wildman–Crippen MR) is 115 cm³/mol. The minimum Gasteiger partial charge on any atom is -0.330 e. The molecule has 0 fully saturated rings. The van der Waals surface area contributed by atoms with Crippen LogP contribution in [0.15, 0.2) is 46.8 Å². The standard InChI is InChI=1S/C19H17ClN4O2S2/c1-11-15(20)4-3-5-16(11)22-18-23-24-19(28-18)27-10-17(26)13-6-8-14(9-7-13)21-12(2)25/h3-9H,10H2,1-2H3,(H,21,25)(H,22,23). The van der Waals surface area contributed by atoms with Crippen LogP contribution in [0.2, 0.25) is 5.02 Å². The van der Waals surface area contributed by atoms with E-state index >= 15 is 0 Å². The van der Waals surface area contributed by atoms with Crippen LogP contribution < -0.4 is 10.6 Å². The van der Waals surface area contributed by atoms with E-state index in [0.29, 0.717) is 25.7 Å². The smallest absolute Gasteiger partial charge is 0.221 e. The molecule has 0 saturated heterocycles. The number of hydrogen-bond donors (Lipinski definition) is 2. The molecule has 0 atom stereocenters. The molecule has 1 aromatic heterocycles. The van der Waals surface area contributed by atoms with Gasteiger partial charge in [0.25, 0.3) is 0 Å². The van der Waals surface area contributed by atoms with Crippen molar-refractivity contribution in [3.63, 3.8) is 0 Å². The van der Waals surface area contributed by atoms with Crippen LogP contribution >= 0.6 is 34.7 Å². The lowest BCUT2D eigenvalue weighted by molar-refractivity contribution is -0.114. The summed E-state index contributed by atoms with van der Waals surface area (Å²) in [6.07, 6.45) is 0. The van der Waals surface area contributed by atoms with Crippen molar-refractivity contribution in [3.8, 4) is 0 Å². The van der Waals surface area contributed by atoms with Gasteiger partial charge in [-0.3, -0.25) is 9.59 Å². The first-order chi connectivity index (χ1) is 13.4. The van der Waals surface area contributed by atoms with E-state index in [4.69, 9.17) is 11.6 Å². The number of amides is 1. The van der Waals surface area contributed by atoms with Gasteiger partial charge in [0.15, 0.2) is 10.1 Å². The van der Waals surface area contributed by atoms with Crippen LogP contribution in [-0.4, -0.2) is 27.6 Å². The molecule has 9 heteroatoms. The molecule has 0 unspecified atom stereocenters. The molecule has 6 nitrogen and oxygen atoms in total. The Hall–Kier alpha value is -2.42. The minimum atomic E-state index is -0.150. The first-order valence-corrected chi connectivity index (χ1v) is 10.5. The molecular weight excluding hydrogens is 416 g/mol. The van der Waals surface area contributed by atoms with Crippen LogP contribution in [0.25, 0.3) is 0 Å². The second-order valence-electron chi connectivity index (χ2n) is 5.88. The van der Waals surface area contributed by atoms with Crippen molar-refractivity contribution in [2.45, 2.75) is 18.2 Å². The van der Waals surface area contributed by atoms with Crippen LogP contribution in [0.3, 0.4) is 0 Å². The second-order valence-corrected chi connectivity index (χ2v) is 8.49. The second kappa shape index (κ2) is 9.18. The summed E-state index contributed by atoms with van der Waals surface area (Å²) in [5.41, 5.74) is 3.05. The van der Waals surface area contributed by atoms with Gasteiger partial charge in [-0.15, -0.1) is 10.2 Å². The summed E-state index contributed by atoms with van der Waals surface area (Å²) in [7, 11) is 0. The van der Waals surface area contributed by atoms with Crippen LogP contribution in [-0.2, 0) is 4.79 Å². The highest BCUT2D eigenvalue weighted by Gasteiger charge is 2.11. The SMILES string of the molecule is CC(=O)Nc1ccc(C(=O)CSc2nnc(Nc3cccc(Cl)c3C)s2)cc1. The van der Waals surface area contributed by atoms with Crippen molar-refractivity contribution in [2.24, 2.45) is 0 Å². The third-order valence-electron chi connectivity index (χ3n) is 3.77. The summed E-state index contributed by atoms with van der Waals surface area (Å²) in [4.78, 5) is 23.4. The summed E-state index contributed by atoms with van der Waals surface area (Å²) < 4.78 is 0.699. The number of carbonyl (C=O) groups excluding carboxylic acids is 2. The van der Waals surface area contributed by atoms with Gasteiger partial charge in [-0.25, -0.2) is 0 Å². The van der Waals surface area contributed by atoms with Gasteiger partial charge in [-0.2, -0.15) is 0 Å². The summed E-state index contributed by atoms with van der Waals surface area (Å²) >= 11 is 8.84. The zero-order valence-electron chi connectivity index (χ0n) is 15.2. The summed E-state index contributed by atoms with van der Waals surface area (Å²) in [5.74, 6) is 0.0858. The minimum absolute atomic E-state index is 0.0187. The molecule has 0 spiro atoms. The number of rotatable bonds is 7. The maximum absolute atomic E-state index is 12.3. The van der Waals surface area contributed by atoms with E-state index in [1.165, 1.54) is 30.0 Å². The highest BCUT2D eigenvalue weighted by atomic mass is 35.5. The van der Waals surface area contributed by atoms with Crippen molar-refractivity contribution in [1.29, 1.82) is 0 Å². The van der Waals surface area contributed by atoms with Gasteiger partial charge in [0.05, 0.1) is 5.75 Å². The lowest BCUT2D eigenvalue weighted by Gasteiger charge is -2.06. The van der Waals surface area contributed by atoms with Crippen molar-refractivity contribution in [3.05, 3.63) is 58.6 Å². The van der Waals surface area contributed by atoms with Crippen molar-refractivity contribution in [2.75, 3.05) is 16.4 Å². The number of nitrogens with one attached hydrogen (secondary N) is 2. The van der Waals surface area contributed by atoms with Gasteiger partial charge < -0.3 is 10.6 Å². The van der Waals surface area contributed by atoms with E-state index in [1.807, 2.05) is 25.1 Å². The molecule has 0 aliphatic heterocycles. The Morgan fingerprint density at radius 3 is 2.61 bits per heavy atom. The number of aromatic nitrogens is 2. The molecule has 0 bridgehead atoms. The highest BCUT2D eigenvalue weighted by molar-refractivity contribution is 8.01. The van der Waals surface area contributed by atoms with Gasteiger partial charge in [0, 0.05) is 28.9 Å². The zero-order chi connectivity index (χ0) is 20.1. The normalized spacial score (nSPS) is 10.5. The topological polar surface area (TPSA) is 84.0 Å². The maximum atomic E-state index is 12.3. The Balaban J connectivity index is 1.57. The molecule has 1 amide bonds. The van der Waals surface area contributed by atoms with Crippen LogP contribution in [0.4, 0.5) is 16.5 Å². The Labute approximate surface area is 175 Å². The fourth-order valence-corrected chi connectivity index (χ4v) is 4.16. The molecule has 1 heterocycles. The third kappa shape index (κ3) is 5.31. The van der Waals surface area contributed by atoms with E-state index in [9.17, 15) is 9.59 Å². The molecule has 3 rings (SSSR count). The number of ketones is 1. The fourth-order valence-electron chi connectivity index (χ4n) is 2.33. The Bertz CT molecular complexity index is 1010. The van der Waals surface area contributed by atoms with Gasteiger partial charge in [-0.1, -0.05) is 40.8 Å². The Kier molecular flexibility index (Phi) is 6.66. The average Bonchev–Trinajstić information content (AvgIpc) is 3.11. The first-order valence-electron chi connectivity index (χ1n) is 8.31. The predicted octanol–water partition coefficient (Wildman–Crippen LogP) is 5.18. The summed E-state index contributed by atoms with van der Waals surface area (Å²) in [6.45, 7) is 3.37. The van der Waals surface area contributed by atoms with Crippen molar-refractivity contribution < 1.29 is 9.59 Å². The number of hydrogen-bond acceptors (Lipinski definition) is 7. The molecule has 3 aromatic rings. The number of thioether (sulfide) groups is 1. The summed E-state index contributed by atoms with van der Waals surface area (Å²) in [5, 5.41) is 15.4. The quantitative estimate of drug-likeness (QED) is 0.395. The van der Waals surface area contributed by atoms with E-state index < -0.39 is 0 Å². The number of anilines is 3. The molecule has 2 N–H and O–H groups in total. The first kappa shape index (κ1) is 20.3. The number of carbonyl (C=O) groups is 2. The van der Waals surface area contributed by atoms with E-state index in [0.717, 1.165) is 11.3 Å². The largest absolute Gasteiger partial charge is 0.330 e. The molecule has 0 saturated carbocycles. The number of nitrogens with zero attached hydrogens (tertiary/aromatic N) is 2. The number of Topliss-reactive ketones (excluding diaryl/α,β-unsaturated/α-hetero) is 1. The Morgan fingerprint density at radius 2 is 1.89 bits per heavy atom. The van der Waals surface area contributed by atoms with Gasteiger partial charge >= 0.3 is 0 Å². The fraction of sp³-hybridized carbons (Fsp3) is 0.158. The van der Waals surface area contributed by atoms with E-state index in [2.05, 4.69) is 20.8 Å². The molecule has 0 aliphatic carbocycles. The zero-order valence-corrected chi connectivity index (χ0v) is 17.5. The van der Waals surface area contributed by atoms with Crippen LogP contribution in [0, 0.1) is 6.92 Å². The van der Waals surface area contributed by atoms with E-state index in [1.54, 1.807) is 24.3 Å². The van der Waals surface area contributed by atoms with E-state index in [-0.39, 0.29) is 17.4 Å². The van der Waals surface area contributed by atoms with Crippen molar-refractivity contribution in [1.82, 2.24) is 10.2 Å². The molecule has 28 heavy (non-hydrogen) atoms. The van der Waals surface area contributed by atoms with Crippen LogP contribution in [0.5, 0.6) is 0 Å². The lowest BCUT2D eigenvalue weighted by atomic mass is 10.1. The van der Waals surface area contributed by atoms with Crippen molar-refractivity contribution >= 4 is 62.9 Å². The molecule has 2 aromatic carbocycles. The number of benzene rings is 2. The average molecular weight is 433 g/mol. The maximum Gasteiger partial charge on any atom is 0.221 e. The monoisotopic (exact) mass is 432 g/mol. The molecule has 0 aliphatic rings. The molecule has 0 radical (unpaired) electrons. The third-order valence-corrected chi connectivity index (χ3v) is 6.15. The Morgan fingerprint density at radius 1 is 1.14 bits per heavy atom. The van der Waals surface area contributed by atoms with Crippen LogP contribution in [0.1, 0.15) is 22.8 Å². The number of halogens is 1. The lowest BCUT2D eigenvalue weighted by Crippen LogP contribution is -2.06.